The molecule has 5 aliphatic heterocycles. The standard InChI is InChI=1S/C18H30N5O3P.C17H28N5O3P.C14H21BrN5O3P.C14H21ClN5O3P.C14H21FN5O3P/c1-5-6-7-12-22-13-16(19)20-10-21-17(13)23(12)18-15(25)14(24)11(26-18)8-9-27(2,3)4;1-5-6-11-21-12-15(18)19-9-20-16(12)22(11)17-14(24)13(23)10(25-17)7-8-26(2,3)4;3*1-24(2,3)5-4-7-9(21)10(22)13(23-7)20-12-8(19-14(20)15)11(16)17-6-18-12/h10-11,14-15,18,24-25H,2,5-9H2,1,3-4H3,(H2,19,20,21);9-10,13-14,17,23-24H,2,5-8H2,1,3-4H3,(H2,18,19,20);3*6-7,9-10,13,21-22H,1,4-5H2,2-3H3,(H2,16,17,18)/t11-,14-,15-,18-;10-,13-,14-,17-;3*7-,9-,10-,13-/m11111/s1. The van der Waals surface area contributed by atoms with Gasteiger partial charge in [-0.2, -0.15) is 9.37 Å². The van der Waals surface area contributed by atoms with Crippen LogP contribution in [0.1, 0.15) is 108 Å². The van der Waals surface area contributed by atoms with Crippen LogP contribution in [0.3, 0.4) is 0 Å². The van der Waals surface area contributed by atoms with Crippen LogP contribution in [0, 0.1) is 6.08 Å². The molecule has 40 nitrogen and oxygen atoms in total. The van der Waals surface area contributed by atoms with Crippen molar-refractivity contribution in [3.05, 3.63) is 59.4 Å². The molecule has 0 unspecified atom stereocenters. The number of rotatable bonds is 25. The van der Waals surface area contributed by atoms with Crippen LogP contribution in [0.15, 0.2) is 36.4 Å². The van der Waals surface area contributed by atoms with Crippen LogP contribution in [-0.4, -0.2) is 369 Å². The first-order chi connectivity index (χ1) is 58.5. The predicted molar refractivity (Wildman–Crippen MR) is 500 cm³/mol. The Morgan fingerprint density at radius 1 is 0.352 bits per heavy atom. The van der Waals surface area contributed by atoms with Gasteiger partial charge in [0.1, 0.15) is 104 Å². The number of aliphatic hydroxyl groups is 10. The highest BCUT2D eigenvalue weighted by Crippen LogP contribution is 2.47. The smallest absolute Gasteiger partial charge is 0.293 e. The molecule has 15 rings (SSSR count). The second kappa shape index (κ2) is 40.4. The van der Waals surface area contributed by atoms with Crippen molar-refractivity contribution in [1.82, 2.24) is 97.6 Å². The Bertz CT molecular complexity index is 5370. The summed E-state index contributed by atoms with van der Waals surface area (Å²) >= 11 is 9.52. The number of nitrogens with zero attached hydrogens (tertiary/aromatic N) is 20. The van der Waals surface area contributed by atoms with Crippen LogP contribution in [0.2, 0.25) is 5.28 Å². The summed E-state index contributed by atoms with van der Waals surface area (Å²) in [5, 5.41) is 105. The number of aromatic nitrogens is 20. The number of aryl methyl sites for hydroxylation is 2. The number of nitrogen functional groups attached to an aromatic ring is 5. The van der Waals surface area contributed by atoms with Crippen molar-refractivity contribution in [1.29, 1.82) is 0 Å². The topological polar surface area (TPSA) is 597 Å². The van der Waals surface area contributed by atoms with Gasteiger partial charge in [-0.1, -0.05) is 20.3 Å². The molecule has 5 fully saturated rings. The Balaban J connectivity index is 0.000000152. The Hall–Kier alpha value is -6.65. The van der Waals surface area contributed by atoms with Gasteiger partial charge < -0.3 is 103 Å². The van der Waals surface area contributed by atoms with Gasteiger partial charge in [-0.3, -0.25) is 22.8 Å². The summed E-state index contributed by atoms with van der Waals surface area (Å²) in [6.07, 6.45) is 20.6. The highest BCUT2D eigenvalue weighted by atomic mass is 79.9. The molecule has 0 radical (unpaired) electrons. The largest absolute Gasteiger partial charge is 0.388 e. The molecule has 0 bridgehead atoms. The fraction of sp³-hybridized carbons (Fsp3) is 0.610. The van der Waals surface area contributed by atoms with Crippen LogP contribution < -0.4 is 28.7 Å². The van der Waals surface area contributed by atoms with Crippen molar-refractivity contribution in [2.75, 3.05) is 126 Å². The number of fused-ring (bicyclic) bond motifs is 5. The second-order valence-electron chi connectivity index (χ2n) is 35.5. The molecule has 10 aromatic heterocycles. The van der Waals surface area contributed by atoms with E-state index in [1.807, 2.05) is 6.92 Å². The van der Waals surface area contributed by atoms with Crippen molar-refractivity contribution < 1.29 is 79.1 Å². The molecule has 125 heavy (non-hydrogen) atoms. The number of anilines is 5. The number of unbranched alkanes of at least 4 members (excludes halogenated alkanes) is 1. The number of nitrogens with two attached hydrogens (primary N) is 5. The minimum absolute atomic E-state index is 0.0332. The molecule has 48 heteroatoms. The van der Waals surface area contributed by atoms with Gasteiger partial charge in [-0.15, -0.1) is 65.9 Å². The normalized spacial score (nSPS) is 27.2. The molecule has 690 valence electrons. The van der Waals surface area contributed by atoms with Gasteiger partial charge in [0, 0.05) is 12.8 Å². The van der Waals surface area contributed by atoms with Crippen LogP contribution in [0.5, 0.6) is 0 Å². The van der Waals surface area contributed by atoms with Crippen molar-refractivity contribution in [2.45, 2.75) is 201 Å². The number of hydrogen-bond donors (Lipinski definition) is 15. The van der Waals surface area contributed by atoms with Gasteiger partial charge in [-0.25, -0.2) is 69.8 Å². The van der Waals surface area contributed by atoms with Gasteiger partial charge in [0.05, 0.1) is 30.5 Å². The van der Waals surface area contributed by atoms with Crippen molar-refractivity contribution in [3.63, 3.8) is 0 Å². The number of aliphatic hydroxyl groups excluding tert-OH is 10. The van der Waals surface area contributed by atoms with Crippen LogP contribution >= 0.6 is 62.0 Å². The summed E-state index contributed by atoms with van der Waals surface area (Å²) < 4.78 is 52.0. The Morgan fingerprint density at radius 3 is 0.904 bits per heavy atom. The number of ether oxygens (including phenoxy) is 5. The van der Waals surface area contributed by atoms with Crippen LogP contribution in [0.25, 0.3) is 55.8 Å². The molecule has 5 aliphatic rings. The zero-order valence-electron chi connectivity index (χ0n) is 72.3. The van der Waals surface area contributed by atoms with Gasteiger partial charge in [0.15, 0.2) is 121 Å². The molecule has 15 heterocycles. The van der Waals surface area contributed by atoms with E-state index in [-0.39, 0.29) is 33.9 Å². The Morgan fingerprint density at radius 2 is 0.600 bits per heavy atom. The quantitative estimate of drug-likeness (QED) is 0.0277. The van der Waals surface area contributed by atoms with E-state index in [1.165, 1.54) is 36.2 Å². The lowest BCUT2D eigenvalue weighted by atomic mass is 10.1. The van der Waals surface area contributed by atoms with E-state index in [0.29, 0.717) is 106 Å². The third-order valence-corrected chi connectivity index (χ3v) is 30.0. The lowest BCUT2D eigenvalue weighted by molar-refractivity contribution is -0.0413. The van der Waals surface area contributed by atoms with E-state index in [4.69, 9.17) is 64.0 Å². The number of imidazole rings is 5. The zero-order chi connectivity index (χ0) is 91.8. The molecule has 5 saturated heterocycles. The highest BCUT2D eigenvalue weighted by Gasteiger charge is 2.50. The number of hydrogen-bond acceptors (Lipinski definition) is 35. The first-order valence-electron chi connectivity index (χ1n) is 40.8. The lowest BCUT2D eigenvalue weighted by Gasteiger charge is -2.20. The predicted octanol–water partition coefficient (Wildman–Crippen LogP) is 4.49. The fourth-order valence-electron chi connectivity index (χ4n) is 15.1. The summed E-state index contributed by atoms with van der Waals surface area (Å²) in [5.41, 5.74) is 33.0. The molecule has 20 N–H and O–H groups in total. The highest BCUT2D eigenvalue weighted by molar-refractivity contribution is 9.10. The van der Waals surface area contributed by atoms with E-state index in [9.17, 15) is 55.5 Å². The molecular formula is C77H121BrClFN25O15P5. The third kappa shape index (κ3) is 23.0. The summed E-state index contributed by atoms with van der Waals surface area (Å²) in [6.45, 7) is 19.1. The molecule has 0 aliphatic carbocycles. The molecule has 10 aromatic rings. The maximum Gasteiger partial charge on any atom is 0.293 e. The van der Waals surface area contributed by atoms with Crippen LogP contribution in [-0.2, 0) is 36.5 Å². The average molecular weight is 1930 g/mol. The zero-order valence-corrected chi connectivity index (χ0v) is 79.1. The first-order valence-corrected chi connectivity index (χ1v) is 57.3. The van der Waals surface area contributed by atoms with Crippen molar-refractivity contribution >= 4 is 178 Å². The van der Waals surface area contributed by atoms with Gasteiger partial charge >= 0.3 is 0 Å². The van der Waals surface area contributed by atoms with Crippen molar-refractivity contribution in [2.24, 2.45) is 0 Å². The van der Waals surface area contributed by atoms with Crippen LogP contribution in [0.4, 0.5) is 33.5 Å². The van der Waals surface area contributed by atoms with Gasteiger partial charge in [0.25, 0.3) is 6.08 Å². The Kier molecular flexibility index (Phi) is 32.0. The van der Waals surface area contributed by atoms with E-state index in [1.54, 1.807) is 13.7 Å². The summed E-state index contributed by atoms with van der Waals surface area (Å²) in [7, 11) is 0. The maximum atomic E-state index is 14.3. The SMILES string of the molecule is C=P(C)(C)CC[C@H]1O[C@@H](n2c(Br)nc3c(N)ncnc32)[C@H](O)[C@@H]1O.C=P(C)(C)CC[C@H]1O[C@@H](n2c(CCC)nc3c(N)ncnc32)[C@H](O)[C@@H]1O.C=P(C)(C)CC[C@H]1O[C@@H](n2c(CCCC)nc3c(N)ncnc32)[C@H](O)[C@@H]1O.C=P(C)(C)CC[C@H]1O[C@@H](n2c(Cl)nc3c(N)ncnc32)[C@H](O)[C@@H]1O.C=P(C)(C)CC[C@H]1O[C@@H](n2c(F)nc3c(N)ncnc32)[C@H](O)[C@@H]1O. The molecule has 0 aromatic carbocycles. The molecule has 20 atom stereocenters. The number of halogens is 3. The molecular weight excluding hydrogens is 1800 g/mol. The average Bonchev–Trinajstić information content (AvgIpc) is 1.65. The summed E-state index contributed by atoms with van der Waals surface area (Å²) in [5.74, 6) is 2.51. The second-order valence-corrected chi connectivity index (χ2v) is 58.2. The maximum absolute atomic E-state index is 14.3. The monoisotopic (exact) mass is 1920 g/mol. The van der Waals surface area contributed by atoms with Gasteiger partial charge in [0.2, 0.25) is 5.28 Å². The van der Waals surface area contributed by atoms with E-state index in [2.05, 4.69) is 196 Å². The van der Waals surface area contributed by atoms with E-state index >= 15 is 0 Å². The summed E-state index contributed by atoms with van der Waals surface area (Å²) in [4.78, 5) is 61.7. The van der Waals surface area contributed by atoms with Gasteiger partial charge in [-0.05, 0) is 170 Å². The Labute approximate surface area is 737 Å². The minimum Gasteiger partial charge on any atom is -0.388 e. The molecule has 0 spiro atoms. The summed E-state index contributed by atoms with van der Waals surface area (Å²) in [6, 6.07) is 0. The third-order valence-electron chi connectivity index (χ3n) is 21.8. The van der Waals surface area contributed by atoms with E-state index < -0.39 is 163 Å². The lowest BCUT2D eigenvalue weighted by Crippen LogP contribution is -2.32. The molecule has 0 amide bonds. The first kappa shape index (κ1) is 98.9. The fourth-order valence-corrected chi connectivity index (χ4v) is 20.6. The molecule has 0 saturated carbocycles. The minimum atomic E-state index is -1.30. The van der Waals surface area contributed by atoms with E-state index in [0.717, 1.165) is 66.3 Å². The van der Waals surface area contributed by atoms with Crippen molar-refractivity contribution in [3.8, 4) is 0 Å².